The number of unbranched alkanes of at least 4 members (excludes halogenated alkanes) is 1. The van der Waals surface area contributed by atoms with Crippen molar-refractivity contribution in [1.29, 1.82) is 0 Å². The highest BCUT2D eigenvalue weighted by Crippen LogP contribution is 2.08. The summed E-state index contributed by atoms with van der Waals surface area (Å²) < 4.78 is 0. The number of piperazine rings is 1. The Hall–Kier alpha value is -0.900. The summed E-state index contributed by atoms with van der Waals surface area (Å²) in [4.78, 5) is 5.12. The van der Waals surface area contributed by atoms with Crippen LogP contribution in [-0.2, 0) is 6.54 Å². The van der Waals surface area contributed by atoms with Crippen LogP contribution in [0.15, 0.2) is 30.3 Å². The molecular formula is C21H43N3. The van der Waals surface area contributed by atoms with E-state index in [-0.39, 0.29) is 0 Å². The minimum atomic E-state index is 0.827. The Morgan fingerprint density at radius 3 is 1.75 bits per heavy atom. The van der Waals surface area contributed by atoms with E-state index in [0.717, 1.165) is 19.5 Å². The Balaban J connectivity index is 0. The van der Waals surface area contributed by atoms with E-state index in [1.54, 1.807) is 0 Å². The molecule has 1 fully saturated rings. The Labute approximate surface area is 152 Å². The predicted molar refractivity (Wildman–Crippen MR) is 110 cm³/mol. The smallest absolute Gasteiger partial charge is 0.0234 e. The number of rotatable bonds is 6. The van der Waals surface area contributed by atoms with Gasteiger partial charge < -0.3 is 10.6 Å². The van der Waals surface area contributed by atoms with Crippen LogP contribution in [0.2, 0.25) is 0 Å². The fourth-order valence-corrected chi connectivity index (χ4v) is 2.49. The maximum Gasteiger partial charge on any atom is 0.0234 e. The Bertz CT molecular complexity index is 319. The van der Waals surface area contributed by atoms with Crippen molar-refractivity contribution in [3.63, 3.8) is 0 Å². The topological polar surface area (TPSA) is 32.5 Å². The van der Waals surface area contributed by atoms with E-state index in [1.807, 2.05) is 41.5 Å². The van der Waals surface area contributed by atoms with Gasteiger partial charge in [0, 0.05) is 32.7 Å². The molecule has 0 spiro atoms. The first-order valence-electron chi connectivity index (χ1n) is 10.1. The second kappa shape index (κ2) is 20.1. The van der Waals surface area contributed by atoms with Crippen LogP contribution in [0.25, 0.3) is 0 Å². The third-order valence-electron chi connectivity index (χ3n) is 3.64. The van der Waals surface area contributed by atoms with Crippen LogP contribution >= 0.6 is 0 Å². The molecule has 0 aliphatic carbocycles. The molecule has 0 unspecified atom stereocenters. The predicted octanol–water partition coefficient (Wildman–Crippen LogP) is 4.62. The van der Waals surface area contributed by atoms with Gasteiger partial charge in [0.05, 0.1) is 0 Å². The summed E-state index contributed by atoms with van der Waals surface area (Å²) in [6.45, 7) is 19.9. The van der Waals surface area contributed by atoms with Crippen LogP contribution in [0.5, 0.6) is 0 Å². The first-order valence-corrected chi connectivity index (χ1v) is 10.1. The van der Waals surface area contributed by atoms with Crippen molar-refractivity contribution in [2.45, 2.75) is 60.9 Å². The molecule has 0 saturated carbocycles. The molecule has 0 atom stereocenters. The summed E-state index contributed by atoms with van der Waals surface area (Å²) >= 11 is 0. The zero-order valence-corrected chi connectivity index (χ0v) is 17.2. The first kappa shape index (κ1) is 25.3. The second-order valence-electron chi connectivity index (χ2n) is 5.10. The average Bonchev–Trinajstić information content (AvgIpc) is 2.69. The lowest BCUT2D eigenvalue weighted by Gasteiger charge is -2.34. The maximum atomic E-state index is 5.53. The molecule has 3 heteroatoms. The van der Waals surface area contributed by atoms with E-state index in [2.05, 4.69) is 40.1 Å². The first-order chi connectivity index (χ1) is 11.9. The number of benzene rings is 1. The largest absolute Gasteiger partial charge is 0.330 e. The van der Waals surface area contributed by atoms with Crippen molar-refractivity contribution in [3.8, 4) is 0 Å². The molecule has 24 heavy (non-hydrogen) atoms. The van der Waals surface area contributed by atoms with Gasteiger partial charge in [-0.15, -0.1) is 0 Å². The minimum absolute atomic E-state index is 0.827. The minimum Gasteiger partial charge on any atom is -0.330 e. The molecule has 1 aliphatic rings. The van der Waals surface area contributed by atoms with Gasteiger partial charge in [-0.3, -0.25) is 4.90 Å². The molecule has 1 aliphatic heterocycles. The van der Waals surface area contributed by atoms with Crippen molar-refractivity contribution in [3.05, 3.63) is 35.9 Å². The van der Waals surface area contributed by atoms with Gasteiger partial charge >= 0.3 is 0 Å². The molecule has 142 valence electrons. The lowest BCUT2D eigenvalue weighted by atomic mass is 10.2. The molecule has 0 amide bonds. The van der Waals surface area contributed by atoms with Crippen molar-refractivity contribution in [2.75, 3.05) is 39.3 Å². The summed E-state index contributed by atoms with van der Waals surface area (Å²) in [5, 5.41) is 0. The van der Waals surface area contributed by atoms with Crippen LogP contribution in [0.4, 0.5) is 0 Å². The molecule has 2 N–H and O–H groups in total. The fraction of sp³-hybridized carbons (Fsp3) is 0.714. The molecule has 3 nitrogen and oxygen atoms in total. The average molecular weight is 338 g/mol. The zero-order valence-electron chi connectivity index (χ0n) is 17.2. The van der Waals surface area contributed by atoms with Crippen LogP contribution in [0.1, 0.15) is 59.9 Å². The van der Waals surface area contributed by atoms with Crippen molar-refractivity contribution < 1.29 is 0 Å². The molecular weight excluding hydrogens is 294 g/mol. The van der Waals surface area contributed by atoms with Crippen molar-refractivity contribution in [2.24, 2.45) is 5.73 Å². The van der Waals surface area contributed by atoms with E-state index in [0.29, 0.717) is 0 Å². The maximum absolute atomic E-state index is 5.53. The number of hydrogen-bond donors (Lipinski definition) is 1. The molecule has 1 aromatic carbocycles. The fourth-order valence-electron chi connectivity index (χ4n) is 2.49. The van der Waals surface area contributed by atoms with Gasteiger partial charge in [0.15, 0.2) is 0 Å². The van der Waals surface area contributed by atoms with Gasteiger partial charge in [-0.25, -0.2) is 0 Å². The van der Waals surface area contributed by atoms with Crippen LogP contribution < -0.4 is 5.73 Å². The van der Waals surface area contributed by atoms with Crippen LogP contribution in [0, 0.1) is 0 Å². The Morgan fingerprint density at radius 1 is 0.750 bits per heavy atom. The third-order valence-corrected chi connectivity index (χ3v) is 3.64. The Morgan fingerprint density at radius 2 is 1.25 bits per heavy atom. The van der Waals surface area contributed by atoms with Crippen LogP contribution in [0.3, 0.4) is 0 Å². The summed E-state index contributed by atoms with van der Waals surface area (Å²) in [6, 6.07) is 10.8. The van der Waals surface area contributed by atoms with E-state index in [4.69, 9.17) is 5.73 Å². The molecule has 1 heterocycles. The quantitative estimate of drug-likeness (QED) is 0.769. The lowest BCUT2D eigenvalue weighted by molar-refractivity contribution is 0.126. The Kier molecular flexibility index (Phi) is 21.3. The van der Waals surface area contributed by atoms with Crippen molar-refractivity contribution in [1.82, 2.24) is 9.80 Å². The third kappa shape index (κ3) is 12.5. The van der Waals surface area contributed by atoms with Gasteiger partial charge in [-0.1, -0.05) is 71.9 Å². The molecule has 0 bridgehead atoms. The van der Waals surface area contributed by atoms with Crippen molar-refractivity contribution >= 4 is 0 Å². The van der Waals surface area contributed by atoms with E-state index < -0.39 is 0 Å². The second-order valence-corrected chi connectivity index (χ2v) is 5.10. The molecule has 2 rings (SSSR count). The normalized spacial score (nSPS) is 14.3. The van der Waals surface area contributed by atoms with Gasteiger partial charge in [0.25, 0.3) is 0 Å². The molecule has 0 aromatic heterocycles. The number of nitrogens with two attached hydrogens (primary N) is 1. The number of nitrogens with zero attached hydrogens (tertiary/aromatic N) is 2. The van der Waals surface area contributed by atoms with E-state index in [1.165, 1.54) is 44.7 Å². The van der Waals surface area contributed by atoms with Gasteiger partial charge in [-0.05, 0) is 31.5 Å². The molecule has 0 radical (unpaired) electrons. The molecule has 1 saturated heterocycles. The summed E-state index contributed by atoms with van der Waals surface area (Å²) in [6.07, 6.45) is 2.40. The number of hydrogen-bond acceptors (Lipinski definition) is 3. The van der Waals surface area contributed by atoms with Gasteiger partial charge in [0.2, 0.25) is 0 Å². The highest BCUT2D eigenvalue weighted by molar-refractivity contribution is 5.14. The lowest BCUT2D eigenvalue weighted by Crippen LogP contribution is -2.46. The molecule has 1 aromatic rings. The summed E-state index contributed by atoms with van der Waals surface area (Å²) in [5.74, 6) is 0. The summed E-state index contributed by atoms with van der Waals surface area (Å²) in [7, 11) is 0. The highest BCUT2D eigenvalue weighted by atomic mass is 15.3. The summed E-state index contributed by atoms with van der Waals surface area (Å²) in [5.41, 5.74) is 6.95. The zero-order chi connectivity index (χ0) is 18.6. The van der Waals surface area contributed by atoms with Gasteiger partial charge in [-0.2, -0.15) is 0 Å². The van der Waals surface area contributed by atoms with Crippen LogP contribution in [-0.4, -0.2) is 49.1 Å². The highest BCUT2D eigenvalue weighted by Gasteiger charge is 2.16. The SMILES string of the molecule is CC.CC.CC.NCCCCN1CCN(Cc2ccccc2)CC1. The monoisotopic (exact) mass is 337 g/mol. The van der Waals surface area contributed by atoms with E-state index in [9.17, 15) is 0 Å². The van der Waals surface area contributed by atoms with E-state index >= 15 is 0 Å². The standard InChI is InChI=1S/C15H25N3.3C2H6/c16-8-4-5-9-17-10-12-18(13-11-17)14-15-6-2-1-3-7-15;3*1-2/h1-3,6-7H,4-5,8-14,16H2;3*1-2H3. The van der Waals surface area contributed by atoms with Gasteiger partial charge in [0.1, 0.15) is 0 Å².